The molecule has 0 bridgehead atoms. The van der Waals surface area contributed by atoms with Crippen LogP contribution in [0.4, 0.5) is 15.3 Å². The maximum Gasteiger partial charge on any atom is 0.342 e. The van der Waals surface area contributed by atoms with Crippen LogP contribution >= 0.6 is 11.3 Å². The van der Waals surface area contributed by atoms with Crippen molar-refractivity contribution in [3.63, 3.8) is 0 Å². The van der Waals surface area contributed by atoms with Crippen LogP contribution < -0.4 is 31.2 Å². The number of aromatic nitrogens is 3. The molecule has 4 heterocycles. The molecule has 0 saturated carbocycles. The minimum absolute atomic E-state index is 0.0179. The predicted molar refractivity (Wildman–Crippen MR) is 236 cm³/mol. The fourth-order valence-corrected chi connectivity index (χ4v) is 14.9. The molecule has 2 aliphatic heterocycles. The third-order valence-corrected chi connectivity index (χ3v) is 18.2. The van der Waals surface area contributed by atoms with E-state index < -0.39 is 62.3 Å². The number of fused-ring (bicyclic) bond motifs is 1. The molecule has 17 heteroatoms. The molecule has 2 aromatic heterocycles. The molecule has 0 radical (unpaired) electrons. The molecule has 61 heavy (non-hydrogen) atoms. The van der Waals surface area contributed by atoms with E-state index >= 15 is 0 Å². The van der Waals surface area contributed by atoms with E-state index in [-0.39, 0.29) is 61.6 Å². The van der Waals surface area contributed by atoms with E-state index in [1.54, 1.807) is 18.9 Å². The van der Waals surface area contributed by atoms with Gasteiger partial charge >= 0.3 is 12.0 Å². The monoisotopic (exact) mass is 872 g/mol. The minimum atomic E-state index is -3.14. The molecule has 7 rings (SSSR count). The highest BCUT2D eigenvalue weighted by Crippen LogP contribution is 2.46. The number of nitriles is 1. The highest BCUT2D eigenvalue weighted by Gasteiger charge is 2.54. The summed E-state index contributed by atoms with van der Waals surface area (Å²) in [6.45, 7) is 8.44. The molecule has 3 aliphatic rings. The number of benzene rings is 2. The lowest BCUT2D eigenvalue weighted by atomic mass is 9.72. The Kier molecular flexibility index (Phi) is 11.4. The number of alkyl halides is 1. The summed E-state index contributed by atoms with van der Waals surface area (Å²) in [4.78, 5) is 37.4. The molecule has 4 aromatic rings. The summed E-state index contributed by atoms with van der Waals surface area (Å²) in [5.74, 6) is -1.61. The first-order valence-corrected chi connectivity index (χ1v) is 23.2. The molecular formula is C44H56FN9O5SSi. The summed E-state index contributed by atoms with van der Waals surface area (Å²) in [7, 11) is -1.51. The van der Waals surface area contributed by atoms with Crippen molar-refractivity contribution in [2.24, 2.45) is 0 Å². The number of hydrogen-bond acceptors (Lipinski definition) is 14. The number of hydroxylamine groups is 1. The van der Waals surface area contributed by atoms with Crippen molar-refractivity contribution >= 4 is 52.8 Å². The van der Waals surface area contributed by atoms with Gasteiger partial charge in [0.1, 0.15) is 23.3 Å². The molecule has 324 valence electrons. The summed E-state index contributed by atoms with van der Waals surface area (Å²) in [5, 5.41) is 21.1. The molecule has 2 saturated heterocycles. The Morgan fingerprint density at radius 1 is 1.16 bits per heavy atom. The third kappa shape index (κ3) is 8.74. The van der Waals surface area contributed by atoms with Gasteiger partial charge in [0, 0.05) is 33.7 Å². The van der Waals surface area contributed by atoms with Gasteiger partial charge < -0.3 is 29.4 Å². The van der Waals surface area contributed by atoms with Gasteiger partial charge in [-0.1, -0.05) is 81.4 Å². The molecular weight excluding hydrogens is 814 g/mol. The number of likely N-dealkylation sites (N-methyl/N-ethyl adjacent to an activating group) is 1. The van der Waals surface area contributed by atoms with Crippen molar-refractivity contribution < 1.29 is 32.0 Å². The van der Waals surface area contributed by atoms with Gasteiger partial charge in [0.25, 0.3) is 8.32 Å². The zero-order chi connectivity index (χ0) is 46.2. The van der Waals surface area contributed by atoms with Gasteiger partial charge in [0.2, 0.25) is 11.8 Å². The second kappa shape index (κ2) is 17.4. The number of carbonyl (C=O) groups excluding carboxylic acids is 1. The number of nitrogen functional groups attached to an aromatic ring is 1. The first-order chi connectivity index (χ1) is 30.2. The molecule has 14 nitrogen and oxygen atoms in total. The van der Waals surface area contributed by atoms with Crippen molar-refractivity contribution in [1.29, 1.82) is 10.7 Å². The summed E-state index contributed by atoms with van der Waals surface area (Å²) < 4.78 is 60.0. The van der Waals surface area contributed by atoms with E-state index in [1.807, 2.05) is 48.2 Å². The lowest BCUT2D eigenvalue weighted by Crippen LogP contribution is -2.70. The fraction of sp³-hybridized carbons (Fsp3) is 0.500. The Morgan fingerprint density at radius 2 is 1.85 bits per heavy atom. The Balaban J connectivity index is 1.25. The minimum Gasteiger partial charge on any atom is -0.459 e. The van der Waals surface area contributed by atoms with Crippen molar-refractivity contribution in [1.82, 2.24) is 25.3 Å². The molecule has 1 aliphatic carbocycles. The van der Waals surface area contributed by atoms with Crippen LogP contribution in [-0.4, -0.2) is 104 Å². The molecule has 1 unspecified atom stereocenters. The van der Waals surface area contributed by atoms with Gasteiger partial charge in [0.05, 0.1) is 36.3 Å². The van der Waals surface area contributed by atoms with Crippen LogP contribution in [0, 0.1) is 16.7 Å². The number of likely N-dealkylation sites (tertiary alicyclic amines) is 1. The standard InChI is InChI=1S/C44H56FN9O5SSi/c1-28(33-23-29(45)25-53(33)7)57-41-50-38(36(47)52-58-39(55)44(6)20-14-19-34-35(44)32(24-46)37(48)60-34)49-40(51-41)54-21-22-56-27-43(5,26-54)59-61(42(2,3)4,30-15-10-8-11-16-30)31-17-12-9-13-18-31/h8-13,15-18,28-29,33H,14,19-23,25-27,48H2,1-7H3,(H2,47,52)/t28?,29-,33+,43+,44+/m1/s1/i1D3. The van der Waals surface area contributed by atoms with Crippen LogP contribution in [0.2, 0.25) is 5.04 Å². The Labute approximate surface area is 366 Å². The maximum atomic E-state index is 14.7. The highest BCUT2D eigenvalue weighted by molar-refractivity contribution is 7.16. The number of ether oxygens (including phenoxy) is 2. The van der Waals surface area contributed by atoms with Gasteiger partial charge in [-0.05, 0) is 68.8 Å². The van der Waals surface area contributed by atoms with E-state index in [1.165, 1.54) is 11.3 Å². The van der Waals surface area contributed by atoms with Crippen molar-refractivity contribution in [3.8, 4) is 12.1 Å². The number of carbonyl (C=O) groups is 1. The summed E-state index contributed by atoms with van der Waals surface area (Å²) in [6, 6.07) is 21.3. The molecule has 0 spiro atoms. The predicted octanol–water partition coefficient (Wildman–Crippen LogP) is 5.04. The van der Waals surface area contributed by atoms with Gasteiger partial charge in [-0.15, -0.1) is 11.3 Å². The van der Waals surface area contributed by atoms with E-state index in [0.717, 1.165) is 15.3 Å². The van der Waals surface area contributed by atoms with Crippen LogP contribution in [0.15, 0.2) is 60.7 Å². The number of halogens is 1. The summed E-state index contributed by atoms with van der Waals surface area (Å²) >= 11 is 1.28. The Morgan fingerprint density at radius 3 is 2.46 bits per heavy atom. The normalized spacial score (nSPS) is 24.9. The number of amidine groups is 1. The van der Waals surface area contributed by atoms with Crippen LogP contribution in [0.3, 0.4) is 0 Å². The maximum absolute atomic E-state index is 14.7. The number of nitrogens with zero attached hydrogens (tertiary/aromatic N) is 6. The molecule has 4 N–H and O–H groups in total. The van der Waals surface area contributed by atoms with Crippen LogP contribution in [0.1, 0.15) is 86.7 Å². The molecule has 5 atom stereocenters. The SMILES string of the molecule is [2H]C([2H])([2H])C(Oc1nc(C(=N)NOC(=O)[C@@]2(C)CCCc3sc(N)c(C#N)c32)nc(N2CCOC[C@@](C)(O[Si](c3ccccc3)(c3ccccc3)C(C)(C)C)C2)n1)[C@@H]1C[C@@H](F)CN1C. The van der Waals surface area contributed by atoms with Crippen LogP contribution in [-0.2, 0) is 30.6 Å². The fourth-order valence-electron chi connectivity index (χ4n) is 8.96. The van der Waals surface area contributed by atoms with Crippen LogP contribution in [0.5, 0.6) is 6.01 Å². The van der Waals surface area contributed by atoms with Crippen molar-refractivity contribution in [3.05, 3.63) is 82.5 Å². The van der Waals surface area contributed by atoms with E-state index in [9.17, 15) is 14.4 Å². The second-order valence-corrected chi connectivity index (χ2v) is 23.0. The summed E-state index contributed by atoms with van der Waals surface area (Å²) in [6.07, 6.45) is -1.20. The summed E-state index contributed by atoms with van der Waals surface area (Å²) in [5.41, 5.74) is 7.11. The second-order valence-electron chi connectivity index (χ2n) is 17.6. The Bertz CT molecular complexity index is 2350. The third-order valence-electron chi connectivity index (χ3n) is 11.9. The molecule has 0 amide bonds. The van der Waals surface area contributed by atoms with E-state index in [4.69, 9.17) is 34.0 Å². The zero-order valence-corrected chi connectivity index (χ0v) is 37.3. The number of nitrogens with one attached hydrogen (secondary N) is 2. The van der Waals surface area contributed by atoms with Gasteiger partial charge in [-0.2, -0.15) is 25.7 Å². The van der Waals surface area contributed by atoms with Crippen molar-refractivity contribution in [2.75, 3.05) is 50.5 Å². The first-order valence-electron chi connectivity index (χ1n) is 22.0. The molecule has 2 fully saturated rings. The molecule has 2 aromatic carbocycles. The topological polar surface area (TPSA) is 185 Å². The number of aryl methyl sites for hydroxylation is 1. The average Bonchev–Trinajstić information content (AvgIpc) is 3.69. The quantitative estimate of drug-likeness (QED) is 0.0835. The number of hydrogen-bond donors (Lipinski definition) is 3. The van der Waals surface area contributed by atoms with Crippen molar-refractivity contribution in [2.45, 2.75) is 102 Å². The Hall–Kier alpha value is -4.99. The number of rotatable bonds is 10. The van der Waals surface area contributed by atoms with E-state index in [2.05, 4.69) is 71.5 Å². The van der Waals surface area contributed by atoms with Gasteiger partial charge in [-0.25, -0.2) is 9.18 Å². The largest absolute Gasteiger partial charge is 0.459 e. The van der Waals surface area contributed by atoms with Crippen LogP contribution in [0.25, 0.3) is 0 Å². The lowest BCUT2D eigenvalue weighted by molar-refractivity contribution is -0.155. The lowest BCUT2D eigenvalue weighted by Gasteiger charge is -2.48. The number of anilines is 2. The zero-order valence-electron chi connectivity index (χ0n) is 38.5. The average molecular weight is 873 g/mol. The highest BCUT2D eigenvalue weighted by atomic mass is 32.1. The number of nitrogens with two attached hydrogens (primary N) is 1. The smallest absolute Gasteiger partial charge is 0.342 e. The van der Waals surface area contributed by atoms with Gasteiger partial charge in [-0.3, -0.25) is 10.3 Å². The van der Waals surface area contributed by atoms with E-state index in [0.29, 0.717) is 29.8 Å². The van der Waals surface area contributed by atoms with Gasteiger partial charge in [0.15, 0.2) is 5.84 Å². The first kappa shape index (κ1) is 40.1. The number of thiophene rings is 1.